The molecule has 0 atom stereocenters. The monoisotopic (exact) mass is 272 g/mol. The van der Waals surface area contributed by atoms with Crippen LogP contribution in [0.4, 0.5) is 11.9 Å². The summed E-state index contributed by atoms with van der Waals surface area (Å²) in [5, 5.41) is 0. The highest BCUT2D eigenvalue weighted by Gasteiger charge is 2.19. The highest BCUT2D eigenvalue weighted by atomic mass is 32.2. The van der Waals surface area contributed by atoms with Gasteiger partial charge in [-0.05, 0) is 6.92 Å². The van der Waals surface area contributed by atoms with Gasteiger partial charge in [-0.3, -0.25) is 9.63 Å². The lowest BCUT2D eigenvalue weighted by molar-refractivity contribution is 0.312. The van der Waals surface area contributed by atoms with Crippen LogP contribution in [0.3, 0.4) is 0 Å². The molecule has 2 rings (SSSR count). The number of ether oxygens (including phenoxy) is 1. The van der Waals surface area contributed by atoms with E-state index in [-0.39, 0.29) is 12.0 Å². The van der Waals surface area contributed by atoms with E-state index in [0.29, 0.717) is 37.2 Å². The zero-order valence-electron chi connectivity index (χ0n) is 10.1. The molecular formula is C9H16N6O2S. The Morgan fingerprint density at radius 1 is 1.39 bits per heavy atom. The van der Waals surface area contributed by atoms with Gasteiger partial charge in [-0.25, -0.2) is 5.84 Å². The number of nitrogens with zero attached hydrogens (tertiary/aromatic N) is 4. The molecule has 1 aromatic rings. The first kappa shape index (κ1) is 13.0. The van der Waals surface area contributed by atoms with Crippen molar-refractivity contribution < 1.29 is 8.95 Å². The molecule has 18 heavy (non-hydrogen) atoms. The van der Waals surface area contributed by atoms with Gasteiger partial charge >= 0.3 is 6.01 Å². The minimum Gasteiger partial charge on any atom is -0.464 e. The van der Waals surface area contributed by atoms with Crippen LogP contribution in [0.5, 0.6) is 6.01 Å². The third kappa shape index (κ3) is 3.05. The van der Waals surface area contributed by atoms with E-state index in [2.05, 4.69) is 20.4 Å². The Hall–Kier alpha value is -1.48. The van der Waals surface area contributed by atoms with Crippen LogP contribution >= 0.6 is 0 Å². The maximum Gasteiger partial charge on any atom is 0.323 e. The highest BCUT2D eigenvalue weighted by molar-refractivity contribution is 7.85. The molecule has 1 aliphatic rings. The maximum atomic E-state index is 11.3. The van der Waals surface area contributed by atoms with E-state index in [9.17, 15) is 4.21 Å². The van der Waals surface area contributed by atoms with Crippen molar-refractivity contribution in [1.82, 2.24) is 15.0 Å². The molecule has 2 heterocycles. The zero-order chi connectivity index (χ0) is 13.0. The molecule has 1 aromatic heterocycles. The summed E-state index contributed by atoms with van der Waals surface area (Å²) in [7, 11) is -0.735. The number of hydrogen-bond acceptors (Lipinski definition) is 8. The van der Waals surface area contributed by atoms with Gasteiger partial charge in [0.1, 0.15) is 0 Å². The summed E-state index contributed by atoms with van der Waals surface area (Å²) < 4.78 is 16.6. The minimum absolute atomic E-state index is 0.238. The molecule has 0 unspecified atom stereocenters. The Balaban J connectivity index is 2.20. The summed E-state index contributed by atoms with van der Waals surface area (Å²) in [6.07, 6.45) is 0. The molecule has 0 spiro atoms. The van der Waals surface area contributed by atoms with Crippen LogP contribution in [0.25, 0.3) is 0 Å². The summed E-state index contributed by atoms with van der Waals surface area (Å²) in [5.74, 6) is 7.32. The van der Waals surface area contributed by atoms with E-state index in [1.165, 1.54) is 0 Å². The third-order valence-electron chi connectivity index (χ3n) is 2.47. The quantitative estimate of drug-likeness (QED) is 0.538. The molecule has 0 saturated carbocycles. The van der Waals surface area contributed by atoms with E-state index in [1.807, 2.05) is 11.8 Å². The van der Waals surface area contributed by atoms with Crippen LogP contribution in [0.15, 0.2) is 0 Å². The number of nitrogens with one attached hydrogen (secondary N) is 1. The SMILES string of the molecule is CCOc1nc(NN)nc(N2CCS(=O)CC2)n1. The molecule has 8 nitrogen and oxygen atoms in total. The van der Waals surface area contributed by atoms with E-state index in [0.717, 1.165) is 0 Å². The van der Waals surface area contributed by atoms with Crippen LogP contribution < -0.4 is 20.9 Å². The summed E-state index contributed by atoms with van der Waals surface area (Å²) in [6.45, 7) is 3.64. The van der Waals surface area contributed by atoms with E-state index >= 15 is 0 Å². The fourth-order valence-corrected chi connectivity index (χ4v) is 2.64. The molecule has 0 aromatic carbocycles. The van der Waals surface area contributed by atoms with Gasteiger partial charge in [0.15, 0.2) is 0 Å². The Morgan fingerprint density at radius 2 is 2.11 bits per heavy atom. The van der Waals surface area contributed by atoms with Gasteiger partial charge in [0.2, 0.25) is 11.9 Å². The van der Waals surface area contributed by atoms with Gasteiger partial charge in [-0.15, -0.1) is 0 Å². The Labute approximate surface area is 107 Å². The van der Waals surface area contributed by atoms with Gasteiger partial charge in [0.25, 0.3) is 0 Å². The highest BCUT2D eigenvalue weighted by Crippen LogP contribution is 2.16. The van der Waals surface area contributed by atoms with E-state index in [4.69, 9.17) is 10.6 Å². The first-order chi connectivity index (χ1) is 8.72. The predicted octanol–water partition coefficient (Wildman–Crippen LogP) is -0.875. The second-order valence-corrected chi connectivity index (χ2v) is 5.35. The smallest absolute Gasteiger partial charge is 0.323 e. The first-order valence-electron chi connectivity index (χ1n) is 5.68. The maximum absolute atomic E-state index is 11.3. The summed E-state index contributed by atoms with van der Waals surface area (Å²) in [6, 6.07) is 0.238. The summed E-state index contributed by atoms with van der Waals surface area (Å²) in [4.78, 5) is 14.3. The van der Waals surface area contributed by atoms with Crippen molar-refractivity contribution in [3.63, 3.8) is 0 Å². The Kier molecular flexibility index (Phi) is 4.26. The lowest BCUT2D eigenvalue weighted by Crippen LogP contribution is -2.39. The standard InChI is InChI=1S/C9H16N6O2S/c1-2-17-9-12-7(14-10)11-8(13-9)15-3-5-18(16)6-4-15/h2-6,10H2,1H3,(H,11,12,13,14). The number of hydrazine groups is 1. The first-order valence-corrected chi connectivity index (χ1v) is 7.17. The largest absolute Gasteiger partial charge is 0.464 e. The number of hydrogen-bond donors (Lipinski definition) is 2. The number of nitrogen functional groups attached to an aromatic ring is 1. The number of aromatic nitrogens is 3. The zero-order valence-corrected chi connectivity index (χ0v) is 10.9. The molecule has 3 N–H and O–H groups in total. The fourth-order valence-electron chi connectivity index (χ4n) is 1.58. The summed E-state index contributed by atoms with van der Waals surface area (Å²) >= 11 is 0. The van der Waals surface area contributed by atoms with Crippen molar-refractivity contribution in [1.29, 1.82) is 0 Å². The second-order valence-electron chi connectivity index (χ2n) is 3.65. The molecule has 0 radical (unpaired) electrons. The Bertz CT molecular complexity index is 433. The molecule has 1 saturated heterocycles. The summed E-state index contributed by atoms with van der Waals surface area (Å²) in [5.41, 5.74) is 2.39. The van der Waals surface area contributed by atoms with Crippen LogP contribution in [0.2, 0.25) is 0 Å². The topological polar surface area (TPSA) is 106 Å². The normalized spacial score (nSPS) is 16.7. The van der Waals surface area contributed by atoms with Crippen LogP contribution in [-0.4, -0.2) is 50.4 Å². The number of anilines is 2. The van der Waals surface area contributed by atoms with Gasteiger partial charge in [0, 0.05) is 35.4 Å². The van der Waals surface area contributed by atoms with E-state index in [1.54, 1.807) is 0 Å². The van der Waals surface area contributed by atoms with Gasteiger partial charge < -0.3 is 9.64 Å². The minimum atomic E-state index is -0.735. The molecule has 1 fully saturated rings. The predicted molar refractivity (Wildman–Crippen MR) is 68.9 cm³/mol. The van der Waals surface area contributed by atoms with Crippen molar-refractivity contribution in [2.45, 2.75) is 6.92 Å². The number of rotatable bonds is 4. The number of nitrogens with two attached hydrogens (primary N) is 1. The third-order valence-corrected chi connectivity index (χ3v) is 3.74. The lowest BCUT2D eigenvalue weighted by Gasteiger charge is -2.26. The van der Waals surface area contributed by atoms with Crippen molar-refractivity contribution in [3.8, 4) is 6.01 Å². The fraction of sp³-hybridized carbons (Fsp3) is 0.667. The van der Waals surface area contributed by atoms with Crippen LogP contribution in [0.1, 0.15) is 6.92 Å². The molecular weight excluding hydrogens is 256 g/mol. The molecule has 0 amide bonds. The van der Waals surface area contributed by atoms with Crippen molar-refractivity contribution >= 4 is 22.7 Å². The van der Waals surface area contributed by atoms with Crippen LogP contribution in [-0.2, 0) is 10.8 Å². The van der Waals surface area contributed by atoms with Crippen molar-refractivity contribution in [2.24, 2.45) is 5.84 Å². The van der Waals surface area contributed by atoms with Gasteiger partial charge in [0.05, 0.1) is 6.61 Å². The molecule has 9 heteroatoms. The second kappa shape index (κ2) is 5.91. The average Bonchev–Trinajstić information content (AvgIpc) is 2.39. The van der Waals surface area contributed by atoms with Crippen molar-refractivity contribution in [2.75, 3.05) is 41.5 Å². The molecule has 0 bridgehead atoms. The molecule has 1 aliphatic heterocycles. The van der Waals surface area contributed by atoms with Crippen molar-refractivity contribution in [3.05, 3.63) is 0 Å². The van der Waals surface area contributed by atoms with Gasteiger partial charge in [-0.2, -0.15) is 15.0 Å². The molecule has 0 aliphatic carbocycles. The Morgan fingerprint density at radius 3 is 2.72 bits per heavy atom. The van der Waals surface area contributed by atoms with E-state index < -0.39 is 10.8 Å². The molecule has 100 valence electrons. The average molecular weight is 272 g/mol. The van der Waals surface area contributed by atoms with Crippen LogP contribution in [0, 0.1) is 0 Å². The lowest BCUT2D eigenvalue weighted by atomic mass is 10.5. The van der Waals surface area contributed by atoms with Gasteiger partial charge in [-0.1, -0.05) is 0 Å².